The molecule has 0 radical (unpaired) electrons. The van der Waals surface area contributed by atoms with Crippen molar-refractivity contribution in [2.45, 2.75) is 13.5 Å². The van der Waals surface area contributed by atoms with Gasteiger partial charge in [0.2, 0.25) is 0 Å². The van der Waals surface area contributed by atoms with Crippen LogP contribution in [0.25, 0.3) is 6.08 Å². The van der Waals surface area contributed by atoms with Gasteiger partial charge in [-0.25, -0.2) is 9.69 Å². The largest absolute Gasteiger partial charge is 0.490 e. The van der Waals surface area contributed by atoms with Crippen LogP contribution in [0.15, 0.2) is 76.8 Å². The first kappa shape index (κ1) is 24.9. The minimum atomic E-state index is -0.797. The SMILES string of the molecule is CCOc1cc(/C=C2\C(=O)NC(=O)N(c3ccc(Br)cc3)C2=O)cc(I)c1OCc1ccccc1. The molecular weight excluding hydrogens is 627 g/mol. The summed E-state index contributed by atoms with van der Waals surface area (Å²) < 4.78 is 13.4. The minimum absolute atomic E-state index is 0.163. The summed E-state index contributed by atoms with van der Waals surface area (Å²) >= 11 is 5.46. The number of hydrogen-bond donors (Lipinski definition) is 1. The van der Waals surface area contributed by atoms with Crippen LogP contribution in [0, 0.1) is 3.57 Å². The molecule has 7 nitrogen and oxygen atoms in total. The van der Waals surface area contributed by atoms with Crippen molar-refractivity contribution in [2.24, 2.45) is 0 Å². The minimum Gasteiger partial charge on any atom is -0.490 e. The molecule has 1 heterocycles. The fourth-order valence-corrected chi connectivity index (χ4v) is 4.50. The van der Waals surface area contributed by atoms with E-state index in [1.54, 1.807) is 36.4 Å². The second kappa shape index (κ2) is 11.0. The Morgan fingerprint density at radius 2 is 1.71 bits per heavy atom. The maximum atomic E-state index is 13.2. The summed E-state index contributed by atoms with van der Waals surface area (Å²) in [5.41, 5.74) is 1.76. The fraction of sp³-hybridized carbons (Fsp3) is 0.115. The van der Waals surface area contributed by atoms with Crippen molar-refractivity contribution in [2.75, 3.05) is 11.5 Å². The lowest BCUT2D eigenvalue weighted by molar-refractivity contribution is -0.122. The Kier molecular flexibility index (Phi) is 7.86. The summed E-state index contributed by atoms with van der Waals surface area (Å²) in [6, 6.07) is 19.1. The van der Waals surface area contributed by atoms with E-state index in [1.165, 1.54) is 6.08 Å². The highest BCUT2D eigenvalue weighted by Gasteiger charge is 2.36. The second-order valence-corrected chi connectivity index (χ2v) is 9.55. The number of halogens is 2. The summed E-state index contributed by atoms with van der Waals surface area (Å²) in [7, 11) is 0. The van der Waals surface area contributed by atoms with E-state index in [0.29, 0.717) is 36.0 Å². The van der Waals surface area contributed by atoms with Gasteiger partial charge in [0.05, 0.1) is 15.9 Å². The molecule has 0 unspecified atom stereocenters. The lowest BCUT2D eigenvalue weighted by Gasteiger charge is -2.26. The molecule has 4 amide bonds. The van der Waals surface area contributed by atoms with Crippen LogP contribution in [-0.2, 0) is 16.2 Å². The monoisotopic (exact) mass is 646 g/mol. The van der Waals surface area contributed by atoms with Crippen molar-refractivity contribution in [3.63, 3.8) is 0 Å². The van der Waals surface area contributed by atoms with Crippen molar-refractivity contribution in [1.82, 2.24) is 5.32 Å². The lowest BCUT2D eigenvalue weighted by Crippen LogP contribution is -2.54. The summed E-state index contributed by atoms with van der Waals surface area (Å²) in [6.07, 6.45) is 1.45. The highest BCUT2D eigenvalue weighted by atomic mass is 127. The second-order valence-electron chi connectivity index (χ2n) is 7.47. The molecule has 0 aromatic heterocycles. The van der Waals surface area contributed by atoms with Gasteiger partial charge in [-0.3, -0.25) is 14.9 Å². The molecule has 1 fully saturated rings. The number of imide groups is 2. The van der Waals surface area contributed by atoms with Gasteiger partial charge in [-0.15, -0.1) is 0 Å². The van der Waals surface area contributed by atoms with Crippen LogP contribution >= 0.6 is 38.5 Å². The molecule has 0 saturated carbocycles. The van der Waals surface area contributed by atoms with Gasteiger partial charge in [0.25, 0.3) is 11.8 Å². The fourth-order valence-electron chi connectivity index (χ4n) is 3.45. The van der Waals surface area contributed by atoms with E-state index in [-0.39, 0.29) is 5.57 Å². The van der Waals surface area contributed by atoms with Gasteiger partial charge in [-0.2, -0.15) is 0 Å². The summed E-state index contributed by atoms with van der Waals surface area (Å²) in [6.45, 7) is 2.63. The molecule has 1 saturated heterocycles. The van der Waals surface area contributed by atoms with Crippen molar-refractivity contribution >= 4 is 68.1 Å². The summed E-state index contributed by atoms with van der Waals surface area (Å²) in [4.78, 5) is 39.1. The summed E-state index contributed by atoms with van der Waals surface area (Å²) in [5.74, 6) is -0.402. The van der Waals surface area contributed by atoms with Crippen LogP contribution < -0.4 is 19.7 Å². The van der Waals surface area contributed by atoms with Crippen LogP contribution in [0.5, 0.6) is 11.5 Å². The highest BCUT2D eigenvalue weighted by molar-refractivity contribution is 14.1. The number of nitrogens with one attached hydrogen (secondary N) is 1. The maximum absolute atomic E-state index is 13.2. The third kappa shape index (κ3) is 5.73. The molecule has 0 bridgehead atoms. The Balaban J connectivity index is 1.66. The Morgan fingerprint density at radius 1 is 1.00 bits per heavy atom. The number of urea groups is 1. The molecule has 1 aliphatic rings. The van der Waals surface area contributed by atoms with E-state index < -0.39 is 17.8 Å². The van der Waals surface area contributed by atoms with Crippen LogP contribution in [0.3, 0.4) is 0 Å². The van der Waals surface area contributed by atoms with Crippen LogP contribution in [0.2, 0.25) is 0 Å². The first-order chi connectivity index (χ1) is 16.9. The normalized spacial score (nSPS) is 14.8. The predicted octanol–water partition coefficient (Wildman–Crippen LogP) is 5.70. The van der Waals surface area contributed by atoms with Crippen LogP contribution in [-0.4, -0.2) is 24.5 Å². The van der Waals surface area contributed by atoms with E-state index in [2.05, 4.69) is 43.8 Å². The number of carbonyl (C=O) groups is 3. The highest BCUT2D eigenvalue weighted by Crippen LogP contribution is 2.36. The van der Waals surface area contributed by atoms with Crippen molar-refractivity contribution in [3.05, 3.63) is 91.5 Å². The van der Waals surface area contributed by atoms with Crippen molar-refractivity contribution in [3.8, 4) is 11.5 Å². The van der Waals surface area contributed by atoms with E-state index >= 15 is 0 Å². The zero-order valence-corrected chi connectivity index (χ0v) is 22.3. The van der Waals surface area contributed by atoms with Gasteiger partial charge < -0.3 is 9.47 Å². The number of barbiturate groups is 1. The molecular formula is C26H20BrIN2O5. The Morgan fingerprint density at radius 3 is 2.40 bits per heavy atom. The Labute approximate surface area is 224 Å². The molecule has 35 heavy (non-hydrogen) atoms. The first-order valence-electron chi connectivity index (χ1n) is 10.7. The number of carbonyl (C=O) groups excluding carboxylic acids is 3. The molecule has 178 valence electrons. The molecule has 3 aromatic rings. The van der Waals surface area contributed by atoms with Gasteiger partial charge in [-0.1, -0.05) is 46.3 Å². The Bertz CT molecular complexity index is 1310. The number of rotatable bonds is 7. The molecule has 0 aliphatic carbocycles. The quantitative estimate of drug-likeness (QED) is 0.202. The number of anilines is 1. The number of hydrogen-bond acceptors (Lipinski definition) is 5. The topological polar surface area (TPSA) is 84.9 Å². The predicted molar refractivity (Wildman–Crippen MR) is 144 cm³/mol. The van der Waals surface area contributed by atoms with Crippen LogP contribution in [0.4, 0.5) is 10.5 Å². The molecule has 4 rings (SSSR count). The standard InChI is InChI=1S/C26H20BrIN2O5/c1-2-34-22-14-17(13-21(28)23(22)35-15-16-6-4-3-5-7-16)12-20-24(31)29-26(33)30(25(20)32)19-10-8-18(27)9-11-19/h3-14H,2,15H2,1H3,(H,29,31,33)/b20-12+. The van der Waals surface area contributed by atoms with Gasteiger partial charge in [-0.05, 0) is 83.1 Å². The van der Waals surface area contributed by atoms with E-state index in [4.69, 9.17) is 9.47 Å². The summed E-state index contributed by atoms with van der Waals surface area (Å²) in [5, 5.41) is 2.24. The zero-order valence-electron chi connectivity index (χ0n) is 18.6. The van der Waals surface area contributed by atoms with Gasteiger partial charge in [0.1, 0.15) is 12.2 Å². The number of ether oxygens (including phenoxy) is 2. The van der Waals surface area contributed by atoms with Gasteiger partial charge in [0, 0.05) is 4.47 Å². The van der Waals surface area contributed by atoms with Crippen molar-refractivity contribution < 1.29 is 23.9 Å². The third-order valence-corrected chi connectivity index (χ3v) is 6.39. The van der Waals surface area contributed by atoms with Gasteiger partial charge in [0.15, 0.2) is 11.5 Å². The average molecular weight is 647 g/mol. The first-order valence-corrected chi connectivity index (χ1v) is 12.5. The number of nitrogens with zero attached hydrogens (tertiary/aromatic N) is 1. The molecule has 1 N–H and O–H groups in total. The van der Waals surface area contributed by atoms with E-state index in [1.807, 2.05) is 37.3 Å². The Hall–Kier alpha value is -3.18. The molecule has 0 atom stereocenters. The van der Waals surface area contributed by atoms with Gasteiger partial charge >= 0.3 is 6.03 Å². The number of benzene rings is 3. The molecule has 0 spiro atoms. The molecule has 1 aliphatic heterocycles. The maximum Gasteiger partial charge on any atom is 0.335 e. The average Bonchev–Trinajstić information content (AvgIpc) is 2.83. The van der Waals surface area contributed by atoms with E-state index in [0.717, 1.165) is 18.5 Å². The number of amides is 4. The van der Waals surface area contributed by atoms with Crippen LogP contribution in [0.1, 0.15) is 18.1 Å². The van der Waals surface area contributed by atoms with Crippen molar-refractivity contribution in [1.29, 1.82) is 0 Å². The lowest BCUT2D eigenvalue weighted by atomic mass is 10.1. The molecule has 3 aromatic carbocycles. The molecule has 9 heteroatoms. The third-order valence-electron chi connectivity index (χ3n) is 5.06. The van der Waals surface area contributed by atoms with E-state index in [9.17, 15) is 14.4 Å². The zero-order chi connectivity index (χ0) is 24.9. The smallest absolute Gasteiger partial charge is 0.335 e.